The van der Waals surface area contributed by atoms with Crippen molar-refractivity contribution in [1.29, 1.82) is 0 Å². The molecule has 0 amide bonds. The number of rotatable bonds is 4. The van der Waals surface area contributed by atoms with Gasteiger partial charge < -0.3 is 0 Å². The predicted molar refractivity (Wildman–Crippen MR) is 56.0 cm³/mol. The maximum absolute atomic E-state index is 4.04. The van der Waals surface area contributed by atoms with Crippen molar-refractivity contribution in [2.75, 3.05) is 34.9 Å². The van der Waals surface area contributed by atoms with Gasteiger partial charge in [-0.25, -0.2) is 10.4 Å². The normalized spacial score (nSPS) is 16.4. The van der Waals surface area contributed by atoms with Gasteiger partial charge in [0.15, 0.2) is 0 Å². The second-order valence-electron chi connectivity index (χ2n) is 2.87. The maximum atomic E-state index is 4.04. The zero-order chi connectivity index (χ0) is 10.6. The summed E-state index contributed by atoms with van der Waals surface area (Å²) in [5.74, 6) is 0. The van der Waals surface area contributed by atoms with Crippen LogP contribution in [-0.4, -0.2) is 67.9 Å². The Morgan fingerprint density at radius 3 is 2.57 bits per heavy atom. The van der Waals surface area contributed by atoms with Crippen molar-refractivity contribution in [3.05, 3.63) is 0 Å². The number of hydrogen-bond donors (Lipinski definition) is 1. The van der Waals surface area contributed by atoms with E-state index >= 15 is 0 Å². The minimum atomic E-state index is 0.585. The molecule has 1 aliphatic heterocycles. The number of hydrogen-bond acceptors (Lipinski definition) is 7. The molecule has 14 heavy (non-hydrogen) atoms. The molecular weight excluding hydrogens is 182 g/mol. The summed E-state index contributed by atoms with van der Waals surface area (Å²) in [5, 5.41) is 7.52. The summed E-state index contributed by atoms with van der Waals surface area (Å²) in [6.07, 6.45) is 3.28. The average molecular weight is 199 g/mol. The highest BCUT2D eigenvalue weighted by Crippen LogP contribution is 1.99. The third-order valence-corrected chi connectivity index (χ3v) is 2.12. The molecule has 0 atom stereocenters. The first-order chi connectivity index (χ1) is 6.66. The van der Waals surface area contributed by atoms with Gasteiger partial charge in [0.2, 0.25) is 0 Å². The lowest BCUT2D eigenvalue weighted by Gasteiger charge is -2.39. The highest BCUT2D eigenvalue weighted by Gasteiger charge is 2.15. The number of nitrogens with one attached hydrogen (secondary N) is 1. The monoisotopic (exact) mass is 199 g/mol. The smallest absolute Gasteiger partial charge is 0.129 e. The second-order valence-corrected chi connectivity index (χ2v) is 2.87. The summed E-state index contributed by atoms with van der Waals surface area (Å²) in [6, 6.07) is 0. The van der Waals surface area contributed by atoms with E-state index in [0.29, 0.717) is 6.67 Å². The van der Waals surface area contributed by atoms with Gasteiger partial charge in [-0.05, 0) is 0 Å². The minimum absolute atomic E-state index is 0.585. The predicted octanol–water partition coefficient (Wildman–Crippen LogP) is -1.01. The summed E-state index contributed by atoms with van der Waals surface area (Å²) < 4.78 is 0. The van der Waals surface area contributed by atoms with Crippen molar-refractivity contribution in [3.63, 3.8) is 0 Å². The highest BCUT2D eigenvalue weighted by atomic mass is 16.0. The van der Waals surface area contributed by atoms with Crippen molar-refractivity contribution in [2.45, 2.75) is 0 Å². The van der Waals surface area contributed by atoms with E-state index in [1.54, 1.807) is 12.7 Å². The Balaban J connectivity index is 2.51. The first-order valence-corrected chi connectivity index (χ1v) is 4.33. The van der Waals surface area contributed by atoms with Crippen molar-refractivity contribution in [1.82, 2.24) is 25.8 Å². The molecule has 0 unspecified atom stereocenters. The van der Waals surface area contributed by atoms with Crippen LogP contribution >= 0.6 is 0 Å². The van der Waals surface area contributed by atoms with Crippen molar-refractivity contribution < 1.29 is 0 Å². The van der Waals surface area contributed by atoms with Gasteiger partial charge in [0.1, 0.15) is 19.3 Å². The molecular formula is C7H17N7. The Hall–Kier alpha value is -1.02. The van der Waals surface area contributed by atoms with E-state index < -0.39 is 0 Å². The van der Waals surface area contributed by atoms with Crippen LogP contribution in [-0.2, 0) is 0 Å². The van der Waals surface area contributed by atoms with E-state index in [1.165, 1.54) is 0 Å². The van der Waals surface area contributed by atoms with Gasteiger partial charge in [-0.15, -0.1) is 10.2 Å². The Morgan fingerprint density at radius 2 is 2.07 bits per heavy atom. The van der Waals surface area contributed by atoms with E-state index in [0.717, 1.165) is 0 Å². The standard InChI is InChI=1S/C7H17N7/c1-8-11(2)12(3)13(4)14-6-9-5-10-7-14/h5-6,8H,7H2,1-4H3. The molecule has 0 aromatic heterocycles. The molecule has 0 bridgehead atoms. The Bertz CT molecular complexity index is 226. The van der Waals surface area contributed by atoms with Crippen molar-refractivity contribution in [3.8, 4) is 0 Å². The summed E-state index contributed by atoms with van der Waals surface area (Å²) in [6.45, 7) is 0.585. The van der Waals surface area contributed by atoms with Gasteiger partial charge in [-0.1, -0.05) is 0 Å². The Labute approximate surface area is 84.2 Å². The van der Waals surface area contributed by atoms with E-state index in [4.69, 9.17) is 0 Å². The van der Waals surface area contributed by atoms with Crippen molar-refractivity contribution in [2.24, 2.45) is 9.98 Å². The molecule has 0 aromatic rings. The fourth-order valence-electron chi connectivity index (χ4n) is 0.982. The lowest BCUT2D eigenvalue weighted by atomic mass is 10.8. The van der Waals surface area contributed by atoms with Crippen LogP contribution in [0.15, 0.2) is 9.98 Å². The van der Waals surface area contributed by atoms with Crippen molar-refractivity contribution >= 4 is 12.7 Å². The molecule has 7 nitrogen and oxygen atoms in total. The molecule has 1 rings (SSSR count). The topological polar surface area (TPSA) is 49.7 Å². The molecule has 1 aliphatic rings. The largest absolute Gasteiger partial charge is 0.259 e. The SMILES string of the molecule is CNN(C)N(C)N(C)N1C=NC=NC1. The molecule has 0 spiro atoms. The third-order valence-electron chi connectivity index (χ3n) is 2.12. The van der Waals surface area contributed by atoms with Gasteiger partial charge in [-0.2, -0.15) is 5.12 Å². The molecule has 7 heteroatoms. The first kappa shape index (κ1) is 11.1. The maximum Gasteiger partial charge on any atom is 0.129 e. The minimum Gasteiger partial charge on any atom is -0.259 e. The van der Waals surface area contributed by atoms with Crippen LogP contribution in [0.5, 0.6) is 0 Å². The summed E-state index contributed by atoms with van der Waals surface area (Å²) in [5.41, 5.74) is 2.99. The van der Waals surface area contributed by atoms with Crippen LogP contribution in [0.3, 0.4) is 0 Å². The van der Waals surface area contributed by atoms with Crippen LogP contribution in [0.1, 0.15) is 0 Å². The molecule has 0 radical (unpaired) electrons. The average Bonchev–Trinajstić information content (AvgIpc) is 2.27. The summed E-state index contributed by atoms with van der Waals surface area (Å²) >= 11 is 0. The molecule has 0 fully saturated rings. The molecule has 80 valence electrons. The zero-order valence-corrected chi connectivity index (χ0v) is 9.05. The van der Waals surface area contributed by atoms with E-state index in [-0.39, 0.29) is 0 Å². The number of aliphatic imine (C=N–C) groups is 2. The molecule has 0 aliphatic carbocycles. The van der Waals surface area contributed by atoms with Crippen LogP contribution in [0.25, 0.3) is 0 Å². The Kier molecular flexibility index (Phi) is 3.96. The highest BCUT2D eigenvalue weighted by molar-refractivity contribution is 5.72. The molecule has 0 aromatic carbocycles. The van der Waals surface area contributed by atoms with Crippen LogP contribution in [0.2, 0.25) is 0 Å². The summed E-state index contributed by atoms with van der Waals surface area (Å²) in [7, 11) is 7.64. The molecule has 0 saturated heterocycles. The lowest BCUT2D eigenvalue weighted by Crippen LogP contribution is -2.58. The van der Waals surface area contributed by atoms with Gasteiger partial charge in [-0.3, -0.25) is 10.0 Å². The molecule has 0 saturated carbocycles. The van der Waals surface area contributed by atoms with Gasteiger partial charge in [0.25, 0.3) is 0 Å². The number of hydrazine groups is 4. The second kappa shape index (κ2) is 5.01. The zero-order valence-electron chi connectivity index (χ0n) is 9.05. The number of nitrogens with zero attached hydrogens (tertiary/aromatic N) is 6. The molecule has 1 heterocycles. The van der Waals surface area contributed by atoms with E-state index in [9.17, 15) is 0 Å². The van der Waals surface area contributed by atoms with Gasteiger partial charge in [0, 0.05) is 28.2 Å². The third kappa shape index (κ3) is 2.48. The lowest BCUT2D eigenvalue weighted by molar-refractivity contribution is -0.232. The fourth-order valence-corrected chi connectivity index (χ4v) is 0.982. The van der Waals surface area contributed by atoms with Crippen LogP contribution in [0.4, 0.5) is 0 Å². The molecule has 1 N–H and O–H groups in total. The van der Waals surface area contributed by atoms with E-state index in [2.05, 4.69) is 15.4 Å². The quantitative estimate of drug-likeness (QED) is 0.588. The van der Waals surface area contributed by atoms with Crippen LogP contribution < -0.4 is 5.43 Å². The fraction of sp³-hybridized carbons (Fsp3) is 0.714. The van der Waals surface area contributed by atoms with Gasteiger partial charge in [0.05, 0.1) is 0 Å². The van der Waals surface area contributed by atoms with Gasteiger partial charge >= 0.3 is 0 Å². The van der Waals surface area contributed by atoms with Crippen LogP contribution in [0, 0.1) is 0 Å². The summed E-state index contributed by atoms with van der Waals surface area (Å²) in [4.78, 5) is 7.99. The Morgan fingerprint density at radius 1 is 1.36 bits per heavy atom. The van der Waals surface area contributed by atoms with E-state index in [1.807, 2.05) is 48.6 Å². The first-order valence-electron chi connectivity index (χ1n) is 4.33.